The van der Waals surface area contributed by atoms with Gasteiger partial charge in [-0.2, -0.15) is 0 Å². The first-order chi connectivity index (χ1) is 12.5. The number of benzene rings is 1. The van der Waals surface area contributed by atoms with Gasteiger partial charge in [0.25, 0.3) is 11.8 Å². The smallest absolute Gasteiger partial charge is 0.257 e. The second-order valence-corrected chi connectivity index (χ2v) is 5.96. The number of hydrogen-bond donors (Lipinski definition) is 1. The first kappa shape index (κ1) is 17.8. The van der Waals surface area contributed by atoms with Crippen LogP contribution in [0.4, 0.5) is 5.69 Å². The van der Waals surface area contributed by atoms with Crippen LogP contribution in [0.1, 0.15) is 38.0 Å². The maximum atomic E-state index is 12.5. The van der Waals surface area contributed by atoms with Crippen molar-refractivity contribution in [3.63, 3.8) is 0 Å². The minimum atomic E-state index is -0.394. The lowest BCUT2D eigenvalue weighted by Gasteiger charge is -2.26. The monoisotopic (exact) mass is 353 g/mol. The first-order valence-electron chi connectivity index (χ1n) is 8.29. The molecule has 1 fully saturated rings. The van der Waals surface area contributed by atoms with E-state index in [1.54, 1.807) is 29.2 Å². The number of amides is 2. The summed E-state index contributed by atoms with van der Waals surface area (Å²) in [5, 5.41) is 2.72. The van der Waals surface area contributed by atoms with Crippen molar-refractivity contribution in [2.24, 2.45) is 0 Å². The Kier molecular flexibility index (Phi) is 5.38. The van der Waals surface area contributed by atoms with E-state index in [0.717, 1.165) is 0 Å². The fourth-order valence-corrected chi connectivity index (χ4v) is 2.65. The molecule has 134 valence electrons. The summed E-state index contributed by atoms with van der Waals surface area (Å²) in [6, 6.07) is 8.20. The number of nitrogens with one attached hydrogen (secondary N) is 1. The Bertz CT molecular complexity index is 844. The Morgan fingerprint density at radius 2 is 1.77 bits per heavy atom. The predicted octanol–water partition coefficient (Wildman–Crippen LogP) is 2.01. The van der Waals surface area contributed by atoms with Crippen molar-refractivity contribution >= 4 is 23.3 Å². The fraction of sp³-hybridized carbons (Fsp3) is 0.263. The van der Waals surface area contributed by atoms with Gasteiger partial charge in [0.2, 0.25) is 0 Å². The van der Waals surface area contributed by atoms with Crippen molar-refractivity contribution in [1.29, 1.82) is 0 Å². The lowest BCUT2D eigenvalue weighted by Crippen LogP contribution is -2.40. The molecule has 0 atom stereocenters. The van der Waals surface area contributed by atoms with Crippen LogP contribution in [0.3, 0.4) is 0 Å². The van der Waals surface area contributed by atoms with E-state index in [4.69, 9.17) is 4.74 Å². The van der Waals surface area contributed by atoms with Crippen LogP contribution < -0.4 is 5.32 Å². The molecular weight excluding hydrogens is 334 g/mol. The SMILES string of the molecule is CC(=O)c1cccc(NC(=O)c2cncc(C(=O)N3CCOCC3)c2)c1. The van der Waals surface area contributed by atoms with Gasteiger partial charge in [0.1, 0.15) is 0 Å². The third kappa shape index (κ3) is 4.12. The van der Waals surface area contributed by atoms with Gasteiger partial charge in [-0.25, -0.2) is 0 Å². The summed E-state index contributed by atoms with van der Waals surface area (Å²) < 4.78 is 5.24. The van der Waals surface area contributed by atoms with Crippen molar-refractivity contribution in [2.45, 2.75) is 6.92 Å². The van der Waals surface area contributed by atoms with E-state index in [1.807, 2.05) is 0 Å². The van der Waals surface area contributed by atoms with E-state index in [9.17, 15) is 14.4 Å². The van der Waals surface area contributed by atoms with Crippen LogP contribution in [-0.4, -0.2) is 53.8 Å². The molecule has 0 unspecified atom stereocenters. The van der Waals surface area contributed by atoms with Gasteiger partial charge in [-0.3, -0.25) is 19.4 Å². The highest BCUT2D eigenvalue weighted by Gasteiger charge is 2.20. The van der Waals surface area contributed by atoms with E-state index < -0.39 is 5.91 Å². The lowest BCUT2D eigenvalue weighted by molar-refractivity contribution is 0.0302. The average Bonchev–Trinajstić information content (AvgIpc) is 2.68. The van der Waals surface area contributed by atoms with E-state index in [-0.39, 0.29) is 17.3 Å². The van der Waals surface area contributed by atoms with E-state index >= 15 is 0 Å². The standard InChI is InChI=1S/C19H19N3O4/c1-13(23)14-3-2-4-17(10-14)21-18(24)15-9-16(12-20-11-15)19(25)22-5-7-26-8-6-22/h2-4,9-12H,5-8H2,1H3,(H,21,24). The van der Waals surface area contributed by atoms with Gasteiger partial charge in [0.15, 0.2) is 5.78 Å². The predicted molar refractivity (Wildman–Crippen MR) is 95.4 cm³/mol. The molecular formula is C19H19N3O4. The number of anilines is 1. The summed E-state index contributed by atoms with van der Waals surface area (Å²) in [4.78, 5) is 42.1. The molecule has 1 aliphatic heterocycles. The largest absolute Gasteiger partial charge is 0.378 e. The molecule has 1 aromatic heterocycles. The van der Waals surface area contributed by atoms with E-state index in [1.165, 1.54) is 25.4 Å². The first-order valence-corrected chi connectivity index (χ1v) is 8.29. The molecule has 1 aromatic carbocycles. The van der Waals surface area contributed by atoms with E-state index in [0.29, 0.717) is 43.1 Å². The zero-order valence-electron chi connectivity index (χ0n) is 14.4. The molecule has 2 heterocycles. The minimum absolute atomic E-state index is 0.0825. The number of hydrogen-bond acceptors (Lipinski definition) is 5. The Labute approximate surface area is 151 Å². The molecule has 0 aliphatic carbocycles. The third-order valence-corrected chi connectivity index (χ3v) is 4.07. The normalized spacial score (nSPS) is 14.0. The highest BCUT2D eigenvalue weighted by molar-refractivity contribution is 6.06. The molecule has 2 amide bonds. The molecule has 26 heavy (non-hydrogen) atoms. The molecule has 2 aromatic rings. The number of aromatic nitrogens is 1. The maximum absolute atomic E-state index is 12.5. The van der Waals surface area contributed by atoms with Gasteiger partial charge in [-0.1, -0.05) is 12.1 Å². The third-order valence-electron chi connectivity index (χ3n) is 4.07. The van der Waals surface area contributed by atoms with Crippen molar-refractivity contribution in [3.05, 3.63) is 59.4 Å². The zero-order valence-corrected chi connectivity index (χ0v) is 14.4. The Morgan fingerprint density at radius 1 is 1.04 bits per heavy atom. The molecule has 1 aliphatic rings. The van der Waals surface area contributed by atoms with Crippen LogP contribution in [-0.2, 0) is 4.74 Å². The summed E-state index contributed by atoms with van der Waals surface area (Å²) in [7, 11) is 0. The number of ether oxygens (including phenoxy) is 1. The van der Waals surface area contributed by atoms with Gasteiger partial charge >= 0.3 is 0 Å². The highest BCUT2D eigenvalue weighted by atomic mass is 16.5. The number of nitrogens with zero attached hydrogens (tertiary/aromatic N) is 2. The Morgan fingerprint density at radius 3 is 2.50 bits per heavy atom. The highest BCUT2D eigenvalue weighted by Crippen LogP contribution is 2.14. The number of carbonyl (C=O) groups is 3. The summed E-state index contributed by atoms with van der Waals surface area (Å²) in [6.07, 6.45) is 2.85. The fourth-order valence-electron chi connectivity index (χ4n) is 2.65. The van der Waals surface area contributed by atoms with Crippen molar-refractivity contribution in [1.82, 2.24) is 9.88 Å². The summed E-state index contributed by atoms with van der Waals surface area (Å²) in [5.41, 5.74) is 1.65. The van der Waals surface area contributed by atoms with Crippen LogP contribution in [0.15, 0.2) is 42.7 Å². The topological polar surface area (TPSA) is 88.6 Å². The quantitative estimate of drug-likeness (QED) is 0.850. The van der Waals surface area contributed by atoms with Crippen molar-refractivity contribution in [2.75, 3.05) is 31.6 Å². The van der Waals surface area contributed by atoms with Gasteiger partial charge in [-0.15, -0.1) is 0 Å². The number of morpholine rings is 1. The molecule has 7 nitrogen and oxygen atoms in total. The average molecular weight is 353 g/mol. The van der Waals surface area contributed by atoms with Crippen molar-refractivity contribution < 1.29 is 19.1 Å². The number of carbonyl (C=O) groups excluding carboxylic acids is 3. The molecule has 0 radical (unpaired) electrons. The molecule has 0 spiro atoms. The Balaban J connectivity index is 1.75. The molecule has 7 heteroatoms. The van der Waals surface area contributed by atoms with Crippen molar-refractivity contribution in [3.8, 4) is 0 Å². The number of Topliss-reactive ketones (excluding diaryl/α,β-unsaturated/α-hetero) is 1. The zero-order chi connectivity index (χ0) is 18.5. The second kappa shape index (κ2) is 7.88. The minimum Gasteiger partial charge on any atom is -0.378 e. The molecule has 3 rings (SSSR count). The van der Waals surface area contributed by atoms with Crippen LogP contribution in [0.25, 0.3) is 0 Å². The molecule has 1 N–H and O–H groups in total. The van der Waals surface area contributed by atoms with Crippen LogP contribution in [0.5, 0.6) is 0 Å². The Hall–Kier alpha value is -3.06. The number of pyridine rings is 1. The molecule has 0 saturated carbocycles. The van der Waals surface area contributed by atoms with Crippen LogP contribution in [0, 0.1) is 0 Å². The van der Waals surface area contributed by atoms with E-state index in [2.05, 4.69) is 10.3 Å². The summed E-state index contributed by atoms with van der Waals surface area (Å²) in [6.45, 7) is 3.52. The number of rotatable bonds is 4. The summed E-state index contributed by atoms with van der Waals surface area (Å²) >= 11 is 0. The number of ketones is 1. The molecule has 1 saturated heterocycles. The van der Waals surface area contributed by atoms with Gasteiger partial charge in [0, 0.05) is 36.7 Å². The maximum Gasteiger partial charge on any atom is 0.257 e. The summed E-state index contributed by atoms with van der Waals surface area (Å²) in [5.74, 6) is -0.648. The molecule has 0 bridgehead atoms. The van der Waals surface area contributed by atoms with Crippen LogP contribution >= 0.6 is 0 Å². The van der Waals surface area contributed by atoms with Crippen LogP contribution in [0.2, 0.25) is 0 Å². The van der Waals surface area contributed by atoms with Gasteiger partial charge in [0.05, 0.1) is 24.3 Å². The second-order valence-electron chi connectivity index (χ2n) is 5.96. The van der Waals surface area contributed by atoms with Gasteiger partial charge < -0.3 is 15.0 Å². The van der Waals surface area contributed by atoms with Gasteiger partial charge in [-0.05, 0) is 25.1 Å². The lowest BCUT2D eigenvalue weighted by atomic mass is 10.1.